The molecule has 4 heteroatoms. The molecule has 0 unspecified atom stereocenters. The van der Waals surface area contributed by atoms with Crippen molar-refractivity contribution >= 4 is 17.3 Å². The van der Waals surface area contributed by atoms with Gasteiger partial charge < -0.3 is 10.2 Å². The van der Waals surface area contributed by atoms with E-state index in [0.717, 1.165) is 35.8 Å². The largest absolute Gasteiger partial charge is 0.370 e. The van der Waals surface area contributed by atoms with Crippen LogP contribution in [0, 0.1) is 5.92 Å². The number of hydrogen-bond donors (Lipinski definition) is 1. The summed E-state index contributed by atoms with van der Waals surface area (Å²) in [4.78, 5) is 6.43. The highest BCUT2D eigenvalue weighted by Gasteiger charge is 2.24. The minimum Gasteiger partial charge on any atom is -0.370 e. The highest BCUT2D eigenvalue weighted by molar-refractivity contribution is 6.33. The van der Waals surface area contributed by atoms with E-state index in [1.807, 2.05) is 12.3 Å². The summed E-state index contributed by atoms with van der Waals surface area (Å²) < 4.78 is 0. The zero-order chi connectivity index (χ0) is 12.4. The van der Waals surface area contributed by atoms with Crippen LogP contribution in [0.4, 0.5) is 5.69 Å². The molecule has 0 amide bonds. The van der Waals surface area contributed by atoms with Crippen LogP contribution in [0.5, 0.6) is 0 Å². The van der Waals surface area contributed by atoms with Gasteiger partial charge in [-0.3, -0.25) is 4.98 Å². The number of rotatable bonds is 4. The number of nitrogens with one attached hydrogen (secondary N) is 1. The maximum absolute atomic E-state index is 6.19. The highest BCUT2D eigenvalue weighted by Crippen LogP contribution is 2.29. The van der Waals surface area contributed by atoms with Crippen LogP contribution < -0.4 is 10.2 Å². The zero-order valence-electron chi connectivity index (χ0n) is 10.6. The van der Waals surface area contributed by atoms with Crippen molar-refractivity contribution in [3.63, 3.8) is 0 Å². The molecule has 98 valence electrons. The quantitative estimate of drug-likeness (QED) is 0.907. The van der Waals surface area contributed by atoms with E-state index in [1.54, 1.807) is 6.20 Å². The summed E-state index contributed by atoms with van der Waals surface area (Å²) in [5.74, 6) is 0.836. The van der Waals surface area contributed by atoms with Gasteiger partial charge in [-0.1, -0.05) is 11.6 Å². The maximum Gasteiger partial charge on any atom is 0.0822 e. The molecular formula is C14H20ClN3. The second-order valence-electron chi connectivity index (χ2n) is 5.44. The van der Waals surface area contributed by atoms with Crippen molar-refractivity contribution in [2.24, 2.45) is 5.92 Å². The van der Waals surface area contributed by atoms with Crippen molar-refractivity contribution < 1.29 is 0 Å². The van der Waals surface area contributed by atoms with Crippen molar-refractivity contribution in [2.45, 2.75) is 31.7 Å². The van der Waals surface area contributed by atoms with Crippen molar-refractivity contribution in [1.29, 1.82) is 0 Å². The number of nitrogens with zero attached hydrogens (tertiary/aromatic N) is 2. The van der Waals surface area contributed by atoms with Gasteiger partial charge in [-0.15, -0.1) is 0 Å². The van der Waals surface area contributed by atoms with E-state index in [0.29, 0.717) is 0 Å². The first kappa shape index (κ1) is 12.2. The minimum absolute atomic E-state index is 0.770. The maximum atomic E-state index is 6.19. The summed E-state index contributed by atoms with van der Waals surface area (Å²) in [5, 5.41) is 4.41. The molecule has 1 aliphatic heterocycles. The Bertz CT molecular complexity index is 398. The third-order valence-corrected chi connectivity index (χ3v) is 4.27. The van der Waals surface area contributed by atoms with Crippen molar-refractivity contribution in [3.05, 3.63) is 23.5 Å². The summed E-state index contributed by atoms with van der Waals surface area (Å²) in [6.45, 7) is 3.42. The van der Waals surface area contributed by atoms with E-state index in [9.17, 15) is 0 Å². The van der Waals surface area contributed by atoms with Gasteiger partial charge in [-0.25, -0.2) is 0 Å². The molecule has 0 aromatic carbocycles. The average molecular weight is 266 g/mol. The molecule has 1 aromatic rings. The Morgan fingerprint density at radius 3 is 2.72 bits per heavy atom. The number of anilines is 1. The van der Waals surface area contributed by atoms with E-state index in [1.165, 1.54) is 32.2 Å². The summed E-state index contributed by atoms with van der Waals surface area (Å²) >= 11 is 6.19. The Morgan fingerprint density at radius 2 is 2.06 bits per heavy atom. The second kappa shape index (κ2) is 5.45. The highest BCUT2D eigenvalue weighted by atomic mass is 35.5. The van der Waals surface area contributed by atoms with Crippen LogP contribution in [-0.4, -0.2) is 30.7 Å². The molecule has 2 fully saturated rings. The molecule has 1 aromatic heterocycles. The topological polar surface area (TPSA) is 28.2 Å². The van der Waals surface area contributed by atoms with Gasteiger partial charge >= 0.3 is 0 Å². The molecule has 2 aliphatic rings. The van der Waals surface area contributed by atoms with Gasteiger partial charge in [0.25, 0.3) is 0 Å². The second-order valence-corrected chi connectivity index (χ2v) is 5.85. The first-order valence-corrected chi connectivity index (χ1v) is 7.28. The Kier molecular flexibility index (Phi) is 3.71. The van der Waals surface area contributed by atoms with Crippen LogP contribution in [0.3, 0.4) is 0 Å². The number of piperidine rings is 1. The molecule has 2 heterocycles. The average Bonchev–Trinajstić information content (AvgIpc) is 3.22. The van der Waals surface area contributed by atoms with Crippen molar-refractivity contribution in [1.82, 2.24) is 10.3 Å². The summed E-state index contributed by atoms with van der Waals surface area (Å²) in [6, 6.07) is 2.85. The molecule has 3 nitrogen and oxygen atoms in total. The van der Waals surface area contributed by atoms with Crippen LogP contribution >= 0.6 is 11.6 Å². The van der Waals surface area contributed by atoms with Crippen LogP contribution in [0.15, 0.2) is 18.5 Å². The normalized spacial score (nSPS) is 21.3. The van der Waals surface area contributed by atoms with E-state index < -0.39 is 0 Å². The van der Waals surface area contributed by atoms with E-state index in [4.69, 9.17) is 11.6 Å². The molecule has 3 rings (SSSR count). The lowest BCUT2D eigenvalue weighted by molar-refractivity contribution is 0.382. The smallest absolute Gasteiger partial charge is 0.0822 e. The fraction of sp³-hybridized carbons (Fsp3) is 0.643. The molecular weight excluding hydrogens is 246 g/mol. The summed E-state index contributed by atoms with van der Waals surface area (Å²) in [6.07, 6.45) is 8.84. The molecule has 1 aliphatic carbocycles. The van der Waals surface area contributed by atoms with Crippen molar-refractivity contribution in [2.75, 3.05) is 24.5 Å². The SMILES string of the molecule is Clc1cnccc1N1CCC(CNC2CC2)CC1. The lowest BCUT2D eigenvalue weighted by atomic mass is 9.96. The van der Waals surface area contributed by atoms with Crippen molar-refractivity contribution in [3.8, 4) is 0 Å². The van der Waals surface area contributed by atoms with Gasteiger partial charge in [0.2, 0.25) is 0 Å². The lowest BCUT2D eigenvalue weighted by Crippen LogP contribution is -2.37. The van der Waals surface area contributed by atoms with E-state index in [-0.39, 0.29) is 0 Å². The van der Waals surface area contributed by atoms with E-state index >= 15 is 0 Å². The van der Waals surface area contributed by atoms with Gasteiger partial charge in [-0.2, -0.15) is 0 Å². The zero-order valence-corrected chi connectivity index (χ0v) is 11.4. The summed E-state index contributed by atoms with van der Waals surface area (Å²) in [7, 11) is 0. The van der Waals surface area contributed by atoms with E-state index in [2.05, 4.69) is 15.2 Å². The number of aromatic nitrogens is 1. The predicted molar refractivity (Wildman–Crippen MR) is 75.2 cm³/mol. The molecule has 0 spiro atoms. The van der Waals surface area contributed by atoms with Gasteiger partial charge in [0.1, 0.15) is 0 Å². The Balaban J connectivity index is 1.51. The molecule has 1 saturated carbocycles. The third-order valence-electron chi connectivity index (χ3n) is 3.98. The molecule has 1 N–H and O–H groups in total. The number of hydrogen-bond acceptors (Lipinski definition) is 3. The molecule has 0 bridgehead atoms. The molecule has 0 radical (unpaired) electrons. The van der Waals surface area contributed by atoms with Crippen LogP contribution in [-0.2, 0) is 0 Å². The molecule has 18 heavy (non-hydrogen) atoms. The Morgan fingerprint density at radius 1 is 1.28 bits per heavy atom. The Labute approximate surface area is 114 Å². The first-order valence-electron chi connectivity index (χ1n) is 6.91. The van der Waals surface area contributed by atoms with Crippen LogP contribution in [0.1, 0.15) is 25.7 Å². The number of pyridine rings is 1. The summed E-state index contributed by atoms with van der Waals surface area (Å²) in [5.41, 5.74) is 1.14. The lowest BCUT2D eigenvalue weighted by Gasteiger charge is -2.34. The van der Waals surface area contributed by atoms with Gasteiger partial charge in [0.15, 0.2) is 0 Å². The van der Waals surface area contributed by atoms with Gasteiger partial charge in [0.05, 0.1) is 10.7 Å². The standard InChI is InChI=1S/C14H20ClN3/c15-13-10-16-6-3-14(13)18-7-4-11(5-8-18)9-17-12-1-2-12/h3,6,10-12,17H,1-2,4-5,7-9H2. The van der Waals surface area contributed by atoms with Crippen LogP contribution in [0.2, 0.25) is 5.02 Å². The fourth-order valence-electron chi connectivity index (χ4n) is 2.62. The van der Waals surface area contributed by atoms with Gasteiger partial charge in [0, 0.05) is 31.5 Å². The Hall–Kier alpha value is -0.800. The third kappa shape index (κ3) is 2.96. The van der Waals surface area contributed by atoms with Crippen LogP contribution in [0.25, 0.3) is 0 Å². The first-order chi connectivity index (χ1) is 8.83. The number of halogens is 1. The fourth-order valence-corrected chi connectivity index (χ4v) is 2.86. The van der Waals surface area contributed by atoms with Gasteiger partial charge in [-0.05, 0) is 44.2 Å². The minimum atomic E-state index is 0.770. The molecule has 1 saturated heterocycles. The molecule has 0 atom stereocenters. The monoisotopic (exact) mass is 265 g/mol. The predicted octanol–water partition coefficient (Wildman–Crippen LogP) is 2.70.